The van der Waals surface area contributed by atoms with Crippen LogP contribution in [-0.2, 0) is 10.3 Å². The first-order chi connectivity index (χ1) is 9.34. The van der Waals surface area contributed by atoms with Gasteiger partial charge in [0.2, 0.25) is 5.91 Å². The maximum atomic E-state index is 12.3. The molecule has 0 bridgehead atoms. The number of hydrogen-bond donors (Lipinski definition) is 0. The van der Waals surface area contributed by atoms with Gasteiger partial charge in [-0.2, -0.15) is 0 Å². The maximum absolute atomic E-state index is 12.3. The lowest BCUT2D eigenvalue weighted by molar-refractivity contribution is -0.141. The summed E-state index contributed by atoms with van der Waals surface area (Å²) in [6, 6.07) is 0.342. The maximum Gasteiger partial charge on any atom is 0.220 e. The van der Waals surface area contributed by atoms with Crippen LogP contribution in [0.15, 0.2) is 0 Å². The minimum Gasteiger partial charge on any atom is -0.329 e. The lowest BCUT2D eigenvalue weighted by Crippen LogP contribution is -2.57. The lowest BCUT2D eigenvalue weighted by Gasteiger charge is -2.53. The van der Waals surface area contributed by atoms with Crippen molar-refractivity contribution in [1.82, 2.24) is 4.90 Å². The number of carbonyl (C=O) groups excluding carboxylic acids is 1. The highest BCUT2D eigenvalue weighted by atomic mass is 32.9. The first-order valence-electron chi connectivity index (χ1n) is 7.27. The van der Waals surface area contributed by atoms with Crippen molar-refractivity contribution in [2.75, 3.05) is 0 Å². The van der Waals surface area contributed by atoms with Crippen LogP contribution in [0.2, 0.25) is 0 Å². The quantitative estimate of drug-likeness (QED) is 0.498. The molecular formula is C15H21NOS3. The molecule has 1 aliphatic carbocycles. The molecule has 1 saturated carbocycles. The molecule has 2 nitrogen and oxygen atoms in total. The zero-order valence-electron chi connectivity index (χ0n) is 12.4. The molecule has 3 rings (SSSR count). The number of amides is 1. The van der Waals surface area contributed by atoms with Crippen LogP contribution in [0.3, 0.4) is 0 Å². The summed E-state index contributed by atoms with van der Waals surface area (Å²) in [5.74, 6) is 1.40. The smallest absolute Gasteiger partial charge is 0.220 e. The van der Waals surface area contributed by atoms with Gasteiger partial charge < -0.3 is 4.90 Å². The predicted molar refractivity (Wildman–Crippen MR) is 88.1 cm³/mol. The summed E-state index contributed by atoms with van der Waals surface area (Å²) < 4.78 is 1.06. The predicted octanol–water partition coefficient (Wildman–Crippen LogP) is 4.91. The van der Waals surface area contributed by atoms with E-state index < -0.39 is 0 Å². The summed E-state index contributed by atoms with van der Waals surface area (Å²) in [4.78, 5) is 15.7. The van der Waals surface area contributed by atoms with Crippen LogP contribution in [0.1, 0.15) is 63.3 Å². The Morgan fingerprint density at radius 2 is 2.05 bits per heavy atom. The van der Waals surface area contributed by atoms with Gasteiger partial charge >= 0.3 is 0 Å². The Kier molecular flexibility index (Phi) is 3.58. The first-order valence-corrected chi connectivity index (χ1v) is 9.83. The topological polar surface area (TPSA) is 20.3 Å². The van der Waals surface area contributed by atoms with Gasteiger partial charge in [-0.15, -0.1) is 0 Å². The molecular weight excluding hydrogens is 306 g/mol. The van der Waals surface area contributed by atoms with Gasteiger partial charge in [-0.1, -0.05) is 39.8 Å². The molecule has 20 heavy (non-hydrogen) atoms. The molecule has 1 aromatic heterocycles. The Hall–Kier alpha value is -0.260. The van der Waals surface area contributed by atoms with Crippen LogP contribution in [0.5, 0.6) is 0 Å². The van der Waals surface area contributed by atoms with Crippen molar-refractivity contribution in [3.8, 4) is 0 Å². The van der Waals surface area contributed by atoms with E-state index in [4.69, 9.17) is 12.2 Å². The van der Waals surface area contributed by atoms with Crippen LogP contribution in [0.4, 0.5) is 0 Å². The van der Waals surface area contributed by atoms with Crippen LogP contribution in [0, 0.1) is 9.74 Å². The summed E-state index contributed by atoms with van der Waals surface area (Å²) in [5, 5.41) is 0. The van der Waals surface area contributed by atoms with E-state index in [1.54, 1.807) is 27.6 Å². The molecule has 1 fully saturated rings. The SMILES string of the molecule is CC(=O)N1C2CCC(C)CC2c2c(ssc2=S)C1(C)C. The van der Waals surface area contributed by atoms with Crippen molar-refractivity contribution in [3.63, 3.8) is 0 Å². The fraction of sp³-hybridized carbons (Fsp3) is 0.733. The number of carbonyl (C=O) groups is 1. The van der Waals surface area contributed by atoms with Crippen molar-refractivity contribution in [1.29, 1.82) is 0 Å². The molecule has 2 heterocycles. The molecule has 3 atom stereocenters. The first kappa shape index (κ1) is 14.7. The van der Waals surface area contributed by atoms with Crippen LogP contribution >= 0.6 is 32.9 Å². The van der Waals surface area contributed by atoms with E-state index in [-0.39, 0.29) is 11.4 Å². The molecule has 0 spiro atoms. The highest BCUT2D eigenvalue weighted by Gasteiger charge is 2.49. The lowest BCUT2D eigenvalue weighted by atomic mass is 9.70. The van der Waals surface area contributed by atoms with E-state index in [0.29, 0.717) is 12.0 Å². The van der Waals surface area contributed by atoms with Gasteiger partial charge in [0.15, 0.2) is 0 Å². The standard InChI is InChI=1S/C15H21NOS3/c1-8-5-6-11-10(7-8)12-13(19-20-14(12)18)15(3,4)16(11)9(2)17/h8,10-11H,5-7H2,1-4H3. The normalized spacial score (nSPS) is 31.6. The fourth-order valence-corrected chi connectivity index (χ4v) is 7.61. The molecule has 110 valence electrons. The van der Waals surface area contributed by atoms with E-state index in [9.17, 15) is 4.79 Å². The summed E-state index contributed by atoms with van der Waals surface area (Å²) in [7, 11) is 3.49. The zero-order chi connectivity index (χ0) is 14.7. The molecule has 0 N–H and O–H groups in total. The van der Waals surface area contributed by atoms with Gasteiger partial charge in [0, 0.05) is 29.3 Å². The van der Waals surface area contributed by atoms with Crippen LogP contribution in [-0.4, -0.2) is 16.8 Å². The van der Waals surface area contributed by atoms with Gasteiger partial charge in [-0.3, -0.25) is 4.79 Å². The Morgan fingerprint density at radius 1 is 1.35 bits per heavy atom. The minimum atomic E-state index is -0.207. The van der Waals surface area contributed by atoms with Gasteiger partial charge in [-0.25, -0.2) is 0 Å². The highest BCUT2D eigenvalue weighted by molar-refractivity contribution is 7.79. The molecule has 5 heteroatoms. The molecule has 1 aromatic rings. The third-order valence-corrected chi connectivity index (χ3v) is 8.32. The van der Waals surface area contributed by atoms with Gasteiger partial charge in [-0.05, 0) is 39.0 Å². The Morgan fingerprint density at radius 3 is 2.70 bits per heavy atom. The third-order valence-electron chi connectivity index (χ3n) is 4.94. The summed E-state index contributed by atoms with van der Waals surface area (Å²) in [6.45, 7) is 8.40. The number of hydrogen-bond acceptors (Lipinski definition) is 4. The van der Waals surface area contributed by atoms with Gasteiger partial charge in [0.1, 0.15) is 3.82 Å². The second-order valence-corrected chi connectivity index (χ2v) is 9.55. The number of fused-ring (bicyclic) bond motifs is 3. The second kappa shape index (κ2) is 4.89. The van der Waals surface area contributed by atoms with E-state index >= 15 is 0 Å². The average molecular weight is 328 g/mol. The zero-order valence-corrected chi connectivity index (χ0v) is 14.9. The van der Waals surface area contributed by atoms with Crippen LogP contribution in [0.25, 0.3) is 0 Å². The molecule has 1 amide bonds. The van der Waals surface area contributed by atoms with Crippen molar-refractivity contribution in [2.45, 2.75) is 64.5 Å². The van der Waals surface area contributed by atoms with Crippen LogP contribution < -0.4 is 0 Å². The van der Waals surface area contributed by atoms with Crippen molar-refractivity contribution in [3.05, 3.63) is 14.3 Å². The number of nitrogens with zero attached hydrogens (tertiary/aromatic N) is 1. The van der Waals surface area contributed by atoms with Crippen molar-refractivity contribution in [2.24, 2.45) is 5.92 Å². The monoisotopic (exact) mass is 327 g/mol. The Labute approximate surface area is 133 Å². The van der Waals surface area contributed by atoms with Gasteiger partial charge in [0.25, 0.3) is 0 Å². The minimum absolute atomic E-state index is 0.203. The molecule has 0 radical (unpaired) electrons. The molecule has 0 saturated heterocycles. The molecule has 3 unspecified atom stereocenters. The Bertz CT molecular complexity index is 601. The molecule has 1 aliphatic heterocycles. The van der Waals surface area contributed by atoms with E-state index in [1.165, 1.54) is 23.3 Å². The third kappa shape index (κ3) is 2.01. The fourth-order valence-electron chi connectivity index (χ4n) is 4.15. The van der Waals surface area contributed by atoms with Crippen molar-refractivity contribution < 1.29 is 4.79 Å². The number of rotatable bonds is 0. The summed E-state index contributed by atoms with van der Waals surface area (Å²) >= 11 is 5.61. The van der Waals surface area contributed by atoms with E-state index in [2.05, 4.69) is 25.7 Å². The van der Waals surface area contributed by atoms with Gasteiger partial charge in [0.05, 0.1) is 5.54 Å². The van der Waals surface area contributed by atoms with Crippen molar-refractivity contribution >= 4 is 38.8 Å². The van der Waals surface area contributed by atoms with E-state index in [0.717, 1.165) is 16.2 Å². The highest BCUT2D eigenvalue weighted by Crippen LogP contribution is 2.53. The summed E-state index contributed by atoms with van der Waals surface area (Å²) in [6.07, 6.45) is 3.50. The second-order valence-electron chi connectivity index (χ2n) is 6.74. The van der Waals surface area contributed by atoms with E-state index in [1.807, 2.05) is 0 Å². The average Bonchev–Trinajstić information content (AvgIpc) is 2.73. The molecule has 2 aliphatic rings. The molecule has 0 aromatic carbocycles. The largest absolute Gasteiger partial charge is 0.329 e. The summed E-state index contributed by atoms with van der Waals surface area (Å²) in [5.41, 5.74) is 1.19. The Balaban J connectivity index is 2.20.